The molecule has 76 valence electrons. The quantitative estimate of drug-likeness (QED) is 0.759. The maximum atomic E-state index is 12.3. The second-order valence-corrected chi connectivity index (χ2v) is 3.42. The van der Waals surface area contributed by atoms with Crippen molar-refractivity contribution >= 4 is 40.0 Å². The summed E-state index contributed by atoms with van der Waals surface area (Å²) in [7, 11) is 0. The average molecular weight is 260 g/mol. The van der Waals surface area contributed by atoms with Gasteiger partial charge in [0.25, 0.3) is 11.7 Å². The molecule has 0 unspecified atom stereocenters. The molecular weight excluding hydrogens is 258 g/mol. The largest absolute Gasteiger partial charge is 0.281 e. The van der Waals surface area contributed by atoms with E-state index in [4.69, 9.17) is 34.8 Å². The van der Waals surface area contributed by atoms with Crippen LogP contribution in [0.25, 0.3) is 0 Å². The summed E-state index contributed by atoms with van der Waals surface area (Å²) >= 11 is 16.0. The molecule has 0 aliphatic rings. The molecule has 0 aromatic carbocycles. The molecular formula is C7H2Cl3F2NO. The van der Waals surface area contributed by atoms with Crippen LogP contribution in [0.1, 0.15) is 22.6 Å². The minimum Gasteiger partial charge on any atom is -0.274 e. The molecule has 0 radical (unpaired) electrons. The lowest BCUT2D eigenvalue weighted by Crippen LogP contribution is -2.01. The number of rotatable bonds is 2. The maximum absolute atomic E-state index is 12.3. The van der Waals surface area contributed by atoms with E-state index >= 15 is 0 Å². The third-order valence-electron chi connectivity index (χ3n) is 1.35. The van der Waals surface area contributed by atoms with Crippen LogP contribution in [-0.2, 0) is 0 Å². The van der Waals surface area contributed by atoms with Crippen molar-refractivity contribution in [2.24, 2.45) is 0 Å². The molecule has 1 heterocycles. The van der Waals surface area contributed by atoms with Crippen LogP contribution >= 0.6 is 34.8 Å². The number of alkyl halides is 2. The van der Waals surface area contributed by atoms with Crippen LogP contribution in [0.4, 0.5) is 8.78 Å². The second kappa shape index (κ2) is 4.38. The second-order valence-electron chi connectivity index (χ2n) is 2.26. The van der Waals surface area contributed by atoms with E-state index in [2.05, 4.69) is 4.98 Å². The predicted molar refractivity (Wildman–Crippen MR) is 49.4 cm³/mol. The summed E-state index contributed by atoms with van der Waals surface area (Å²) < 4.78 is 24.5. The molecule has 0 saturated carbocycles. The van der Waals surface area contributed by atoms with Crippen LogP contribution in [0, 0.1) is 0 Å². The summed E-state index contributed by atoms with van der Waals surface area (Å²) in [5.74, 6) is 0. The van der Waals surface area contributed by atoms with Gasteiger partial charge in [0, 0.05) is 0 Å². The van der Waals surface area contributed by atoms with Crippen molar-refractivity contribution in [2.45, 2.75) is 6.43 Å². The minimum absolute atomic E-state index is 0.153. The van der Waals surface area contributed by atoms with Crippen molar-refractivity contribution in [3.63, 3.8) is 0 Å². The molecule has 14 heavy (non-hydrogen) atoms. The molecule has 0 atom stereocenters. The summed E-state index contributed by atoms with van der Waals surface area (Å²) in [6, 6.07) is 1.01. The van der Waals surface area contributed by atoms with Crippen LogP contribution in [0.2, 0.25) is 10.0 Å². The number of carbonyl (C=O) groups excluding carboxylic acids is 1. The highest BCUT2D eigenvalue weighted by atomic mass is 35.5. The fraction of sp³-hybridized carbons (Fsp3) is 0.143. The zero-order valence-electron chi connectivity index (χ0n) is 6.40. The molecule has 7 heteroatoms. The topological polar surface area (TPSA) is 30.0 Å². The number of pyridine rings is 1. The smallest absolute Gasteiger partial charge is 0.274 e. The number of hydrogen-bond acceptors (Lipinski definition) is 2. The van der Waals surface area contributed by atoms with Gasteiger partial charge >= 0.3 is 0 Å². The Balaban J connectivity index is 3.34. The predicted octanol–water partition coefficient (Wildman–Crippen LogP) is 3.71. The first-order valence-electron chi connectivity index (χ1n) is 3.27. The number of nitrogens with zero attached hydrogens (tertiary/aromatic N) is 1. The lowest BCUT2D eigenvalue weighted by atomic mass is 10.3. The highest BCUT2D eigenvalue weighted by molar-refractivity contribution is 6.68. The summed E-state index contributed by atoms with van der Waals surface area (Å²) in [5.41, 5.74) is -1.13. The molecule has 0 N–H and O–H groups in total. The van der Waals surface area contributed by atoms with Gasteiger partial charge < -0.3 is 0 Å². The molecule has 0 aliphatic carbocycles. The van der Waals surface area contributed by atoms with Gasteiger partial charge in [-0.1, -0.05) is 23.2 Å². The molecule has 0 aliphatic heterocycles. The van der Waals surface area contributed by atoms with E-state index in [1.807, 2.05) is 0 Å². The van der Waals surface area contributed by atoms with Gasteiger partial charge in [-0.15, -0.1) is 0 Å². The van der Waals surface area contributed by atoms with Crippen LogP contribution < -0.4 is 0 Å². The Morgan fingerprint density at radius 1 is 1.36 bits per heavy atom. The van der Waals surface area contributed by atoms with E-state index < -0.39 is 23.1 Å². The van der Waals surface area contributed by atoms with Crippen LogP contribution in [0.3, 0.4) is 0 Å². The fourth-order valence-corrected chi connectivity index (χ4v) is 1.49. The van der Waals surface area contributed by atoms with Crippen molar-refractivity contribution in [3.8, 4) is 0 Å². The fourth-order valence-electron chi connectivity index (χ4n) is 0.772. The monoisotopic (exact) mass is 259 g/mol. The SMILES string of the molecule is O=C(Cl)c1nc(C(F)F)c(Cl)cc1Cl. The molecule has 1 aromatic rings. The van der Waals surface area contributed by atoms with Gasteiger partial charge in [-0.3, -0.25) is 4.79 Å². The van der Waals surface area contributed by atoms with Crippen molar-refractivity contribution in [1.82, 2.24) is 4.98 Å². The van der Waals surface area contributed by atoms with Gasteiger partial charge in [-0.05, 0) is 17.7 Å². The van der Waals surface area contributed by atoms with Gasteiger partial charge in [0.05, 0.1) is 10.0 Å². The van der Waals surface area contributed by atoms with Crippen LogP contribution in [0.5, 0.6) is 0 Å². The molecule has 0 saturated heterocycles. The number of halogens is 5. The first kappa shape index (κ1) is 11.6. The van der Waals surface area contributed by atoms with Crippen molar-refractivity contribution in [2.75, 3.05) is 0 Å². The Kier molecular flexibility index (Phi) is 3.64. The van der Waals surface area contributed by atoms with Gasteiger partial charge in [0.1, 0.15) is 11.4 Å². The average Bonchev–Trinajstić information content (AvgIpc) is 2.02. The van der Waals surface area contributed by atoms with Crippen molar-refractivity contribution < 1.29 is 13.6 Å². The summed E-state index contributed by atoms with van der Waals surface area (Å²) in [4.78, 5) is 14.0. The molecule has 0 fully saturated rings. The van der Waals surface area contributed by atoms with Gasteiger partial charge in [0.15, 0.2) is 0 Å². The number of aromatic nitrogens is 1. The van der Waals surface area contributed by atoms with Crippen molar-refractivity contribution in [1.29, 1.82) is 0 Å². The normalized spacial score (nSPS) is 10.7. The Bertz CT molecular complexity index is 383. The Labute approximate surface area is 92.8 Å². The third kappa shape index (κ3) is 2.32. The zero-order chi connectivity index (χ0) is 10.9. The summed E-state index contributed by atoms with van der Waals surface area (Å²) in [6.45, 7) is 0. The summed E-state index contributed by atoms with van der Waals surface area (Å²) in [5, 5.41) is -1.46. The standard InChI is InChI=1S/C7H2Cl3F2NO/c8-2-1-3(9)5(7(11)12)13-4(2)6(10)14/h1,7H. The highest BCUT2D eigenvalue weighted by Gasteiger charge is 2.19. The Morgan fingerprint density at radius 3 is 2.36 bits per heavy atom. The van der Waals surface area contributed by atoms with Crippen LogP contribution in [0.15, 0.2) is 6.07 Å². The Hall–Kier alpha value is -0.450. The van der Waals surface area contributed by atoms with E-state index in [0.29, 0.717) is 0 Å². The van der Waals surface area contributed by atoms with E-state index in [1.54, 1.807) is 0 Å². The van der Waals surface area contributed by atoms with Crippen molar-refractivity contribution in [3.05, 3.63) is 27.5 Å². The highest BCUT2D eigenvalue weighted by Crippen LogP contribution is 2.29. The lowest BCUT2D eigenvalue weighted by Gasteiger charge is -2.04. The molecule has 1 aromatic heterocycles. The number of hydrogen-bond donors (Lipinski definition) is 0. The number of carbonyl (C=O) groups is 1. The van der Waals surface area contributed by atoms with E-state index in [-0.39, 0.29) is 10.0 Å². The molecule has 0 spiro atoms. The van der Waals surface area contributed by atoms with Gasteiger partial charge in [-0.2, -0.15) is 0 Å². The zero-order valence-corrected chi connectivity index (χ0v) is 8.67. The Morgan fingerprint density at radius 2 is 1.93 bits per heavy atom. The molecule has 0 bridgehead atoms. The first-order chi connectivity index (χ1) is 6.43. The molecule has 2 nitrogen and oxygen atoms in total. The van der Waals surface area contributed by atoms with E-state index in [9.17, 15) is 13.6 Å². The van der Waals surface area contributed by atoms with E-state index in [1.165, 1.54) is 0 Å². The molecule has 0 amide bonds. The summed E-state index contributed by atoms with van der Waals surface area (Å²) in [6.07, 6.45) is -2.88. The van der Waals surface area contributed by atoms with Gasteiger partial charge in [-0.25, -0.2) is 13.8 Å². The maximum Gasteiger partial charge on any atom is 0.281 e. The van der Waals surface area contributed by atoms with Crippen LogP contribution in [-0.4, -0.2) is 10.2 Å². The van der Waals surface area contributed by atoms with E-state index in [0.717, 1.165) is 6.07 Å². The first-order valence-corrected chi connectivity index (χ1v) is 4.40. The third-order valence-corrected chi connectivity index (χ3v) is 2.12. The lowest BCUT2D eigenvalue weighted by molar-refractivity contribution is 0.107. The minimum atomic E-state index is -2.88. The van der Waals surface area contributed by atoms with Gasteiger partial charge in [0.2, 0.25) is 0 Å². The molecule has 1 rings (SSSR count).